The zero-order valence-electron chi connectivity index (χ0n) is 21.4. The molecule has 8 nitrogen and oxygen atoms in total. The van der Waals surface area contributed by atoms with Crippen molar-refractivity contribution in [1.29, 1.82) is 0 Å². The first-order valence-electron chi connectivity index (χ1n) is 11.7. The highest BCUT2D eigenvalue weighted by Crippen LogP contribution is 2.40. The predicted molar refractivity (Wildman–Crippen MR) is 133 cm³/mol. The SMILES string of the molecule is CN[C@@H](C)C(=O)N[C@H](C(=O)N1CC(C)(C)c2cc(=O)n(Cc3ccc(F)cc3O)cc21)C(C)(C)C. The summed E-state index contributed by atoms with van der Waals surface area (Å²) in [6.45, 7) is 11.7. The van der Waals surface area contributed by atoms with Crippen molar-refractivity contribution in [2.75, 3.05) is 18.5 Å². The molecular formula is C26H35FN4O4. The smallest absolute Gasteiger partial charge is 0.251 e. The van der Waals surface area contributed by atoms with Crippen molar-refractivity contribution in [1.82, 2.24) is 15.2 Å². The van der Waals surface area contributed by atoms with Crippen molar-refractivity contribution < 1.29 is 19.1 Å². The molecule has 0 saturated heterocycles. The van der Waals surface area contributed by atoms with E-state index in [-0.39, 0.29) is 29.7 Å². The number of benzene rings is 1. The number of rotatable bonds is 6. The van der Waals surface area contributed by atoms with Gasteiger partial charge in [0.1, 0.15) is 17.6 Å². The lowest BCUT2D eigenvalue weighted by Crippen LogP contribution is -2.57. The summed E-state index contributed by atoms with van der Waals surface area (Å²) < 4.78 is 14.8. The van der Waals surface area contributed by atoms with Gasteiger partial charge in [0.15, 0.2) is 0 Å². The molecule has 1 aromatic heterocycles. The Labute approximate surface area is 205 Å². The van der Waals surface area contributed by atoms with Gasteiger partial charge in [0.05, 0.1) is 18.3 Å². The minimum absolute atomic E-state index is 0.0137. The average molecular weight is 487 g/mol. The number of fused-ring (bicyclic) bond motifs is 1. The maximum absolute atomic E-state index is 13.9. The van der Waals surface area contributed by atoms with Gasteiger partial charge in [-0.1, -0.05) is 40.7 Å². The third-order valence-electron chi connectivity index (χ3n) is 6.56. The molecule has 0 unspecified atom stereocenters. The molecule has 1 aliphatic heterocycles. The number of nitrogens with one attached hydrogen (secondary N) is 2. The summed E-state index contributed by atoms with van der Waals surface area (Å²) in [6.07, 6.45) is 1.60. The number of nitrogens with zero attached hydrogens (tertiary/aromatic N) is 2. The number of phenolic OH excluding ortho intramolecular Hbond substituents is 1. The van der Waals surface area contributed by atoms with E-state index in [0.29, 0.717) is 17.8 Å². The van der Waals surface area contributed by atoms with Crippen LogP contribution in [0.3, 0.4) is 0 Å². The number of anilines is 1. The van der Waals surface area contributed by atoms with Gasteiger partial charge in [0.25, 0.3) is 5.56 Å². The number of hydrogen-bond donors (Lipinski definition) is 3. The fourth-order valence-corrected chi connectivity index (χ4v) is 4.26. The molecule has 0 fully saturated rings. The van der Waals surface area contributed by atoms with Crippen molar-refractivity contribution in [2.45, 2.75) is 65.6 Å². The van der Waals surface area contributed by atoms with Gasteiger partial charge in [-0.15, -0.1) is 0 Å². The van der Waals surface area contributed by atoms with E-state index in [1.54, 1.807) is 25.1 Å². The molecule has 3 rings (SSSR count). The molecule has 0 aliphatic carbocycles. The van der Waals surface area contributed by atoms with Crippen LogP contribution in [0.4, 0.5) is 10.1 Å². The molecule has 0 radical (unpaired) electrons. The van der Waals surface area contributed by atoms with Crippen LogP contribution < -0.4 is 21.1 Å². The van der Waals surface area contributed by atoms with Crippen LogP contribution in [-0.4, -0.2) is 47.2 Å². The summed E-state index contributed by atoms with van der Waals surface area (Å²) >= 11 is 0. The van der Waals surface area contributed by atoms with E-state index in [9.17, 15) is 23.9 Å². The lowest BCUT2D eigenvalue weighted by Gasteiger charge is -2.34. The predicted octanol–water partition coefficient (Wildman–Crippen LogP) is 2.50. The van der Waals surface area contributed by atoms with Gasteiger partial charge in [0.2, 0.25) is 11.8 Å². The number of aromatic hydroxyl groups is 1. The van der Waals surface area contributed by atoms with E-state index >= 15 is 0 Å². The van der Waals surface area contributed by atoms with Crippen LogP contribution in [0.15, 0.2) is 35.3 Å². The molecule has 2 aromatic rings. The molecule has 3 N–H and O–H groups in total. The Balaban J connectivity index is 2.02. The van der Waals surface area contributed by atoms with Crippen LogP contribution in [0.2, 0.25) is 0 Å². The third kappa shape index (κ3) is 5.40. The summed E-state index contributed by atoms with van der Waals surface area (Å²) in [4.78, 5) is 41.0. The molecule has 0 saturated carbocycles. The number of aromatic nitrogens is 1. The first kappa shape index (κ1) is 26.4. The first-order chi connectivity index (χ1) is 16.2. The van der Waals surface area contributed by atoms with Crippen LogP contribution >= 0.6 is 0 Å². The van der Waals surface area contributed by atoms with Gasteiger partial charge in [-0.05, 0) is 31.0 Å². The molecule has 35 heavy (non-hydrogen) atoms. The molecule has 0 bridgehead atoms. The molecule has 2 heterocycles. The van der Waals surface area contributed by atoms with Gasteiger partial charge >= 0.3 is 0 Å². The second-order valence-corrected chi connectivity index (χ2v) is 10.9. The topological polar surface area (TPSA) is 104 Å². The van der Waals surface area contributed by atoms with E-state index in [2.05, 4.69) is 10.6 Å². The Morgan fingerprint density at radius 3 is 2.46 bits per heavy atom. The van der Waals surface area contributed by atoms with Crippen molar-refractivity contribution in [3.05, 3.63) is 57.8 Å². The molecule has 9 heteroatoms. The van der Waals surface area contributed by atoms with Crippen LogP contribution in [0.5, 0.6) is 5.75 Å². The lowest BCUT2D eigenvalue weighted by atomic mass is 9.85. The fraction of sp³-hybridized carbons (Fsp3) is 0.500. The molecule has 1 aromatic carbocycles. The Bertz CT molecular complexity index is 1200. The van der Waals surface area contributed by atoms with Gasteiger partial charge < -0.3 is 25.2 Å². The number of hydrogen-bond acceptors (Lipinski definition) is 5. The first-order valence-corrected chi connectivity index (χ1v) is 11.7. The van der Waals surface area contributed by atoms with Crippen molar-refractivity contribution in [3.63, 3.8) is 0 Å². The largest absolute Gasteiger partial charge is 0.507 e. The van der Waals surface area contributed by atoms with Crippen LogP contribution in [0, 0.1) is 11.2 Å². The second-order valence-electron chi connectivity index (χ2n) is 10.9. The minimum atomic E-state index is -0.797. The van der Waals surface area contributed by atoms with Gasteiger partial charge in [-0.2, -0.15) is 0 Å². The monoisotopic (exact) mass is 486 g/mol. The van der Waals surface area contributed by atoms with Gasteiger partial charge in [-0.25, -0.2) is 4.39 Å². The molecule has 190 valence electrons. The zero-order valence-corrected chi connectivity index (χ0v) is 21.4. The summed E-state index contributed by atoms with van der Waals surface area (Å²) in [7, 11) is 1.68. The summed E-state index contributed by atoms with van der Waals surface area (Å²) in [5, 5.41) is 15.9. The number of amides is 2. The molecule has 1 aliphatic rings. The average Bonchev–Trinajstić information content (AvgIpc) is 3.02. The quantitative estimate of drug-likeness (QED) is 0.582. The van der Waals surface area contributed by atoms with Gasteiger partial charge in [0, 0.05) is 35.9 Å². The van der Waals surface area contributed by atoms with Crippen molar-refractivity contribution in [2.24, 2.45) is 5.41 Å². The number of pyridine rings is 1. The number of phenols is 1. The zero-order chi connectivity index (χ0) is 26.3. The number of halogens is 1. The number of likely N-dealkylation sites (N-methyl/N-ethyl adjacent to an activating group) is 1. The summed E-state index contributed by atoms with van der Waals surface area (Å²) in [6, 6.07) is 3.88. The second kappa shape index (κ2) is 9.45. The van der Waals surface area contributed by atoms with Crippen molar-refractivity contribution in [3.8, 4) is 5.75 Å². The van der Waals surface area contributed by atoms with Crippen LogP contribution in [-0.2, 0) is 21.5 Å². The van der Waals surface area contributed by atoms with Crippen LogP contribution in [0.1, 0.15) is 52.7 Å². The maximum Gasteiger partial charge on any atom is 0.251 e. The van der Waals surface area contributed by atoms with E-state index in [0.717, 1.165) is 11.6 Å². The third-order valence-corrected chi connectivity index (χ3v) is 6.56. The Morgan fingerprint density at radius 2 is 1.89 bits per heavy atom. The molecular weight excluding hydrogens is 451 g/mol. The van der Waals surface area contributed by atoms with E-state index in [1.165, 1.54) is 22.8 Å². The summed E-state index contributed by atoms with van der Waals surface area (Å²) in [5.41, 5.74) is 0.347. The van der Waals surface area contributed by atoms with E-state index < -0.39 is 28.7 Å². The molecule has 2 amide bonds. The Kier molecular flexibility index (Phi) is 7.13. The lowest BCUT2D eigenvalue weighted by molar-refractivity contribution is -0.130. The minimum Gasteiger partial charge on any atom is -0.507 e. The van der Waals surface area contributed by atoms with Gasteiger partial charge in [-0.3, -0.25) is 14.4 Å². The Morgan fingerprint density at radius 1 is 1.23 bits per heavy atom. The van der Waals surface area contributed by atoms with Crippen LogP contribution in [0.25, 0.3) is 0 Å². The van der Waals surface area contributed by atoms with Crippen molar-refractivity contribution >= 4 is 17.5 Å². The maximum atomic E-state index is 13.9. The standard InChI is InChI=1S/C26H35FN4O4/c1-15(28-7)23(34)29-22(25(2,3)4)24(35)31-14-26(5,6)18-11-21(33)30(13-19(18)31)12-16-8-9-17(27)10-20(16)32/h8-11,13,15,22,28,32H,12,14H2,1-7H3,(H,29,34)/t15-,22+/m0/s1. The highest BCUT2D eigenvalue weighted by atomic mass is 19.1. The fourth-order valence-electron chi connectivity index (χ4n) is 4.26. The number of carbonyl (C=O) groups excluding carboxylic acids is 2. The molecule has 2 atom stereocenters. The van der Waals surface area contributed by atoms with E-state index in [4.69, 9.17) is 0 Å². The highest BCUT2D eigenvalue weighted by molar-refractivity contribution is 6.02. The molecule has 0 spiro atoms. The number of carbonyl (C=O) groups is 2. The Hall–Kier alpha value is -3.20. The normalized spacial score (nSPS) is 16.5. The summed E-state index contributed by atoms with van der Waals surface area (Å²) in [5.74, 6) is -1.37. The van der Waals surface area contributed by atoms with E-state index in [1.807, 2.05) is 34.6 Å². The highest BCUT2D eigenvalue weighted by Gasteiger charge is 2.44.